The van der Waals surface area contributed by atoms with Gasteiger partial charge in [0, 0.05) is 33.2 Å². The number of rotatable bonds is 7. The van der Waals surface area contributed by atoms with Crippen LogP contribution in [0, 0.1) is 0 Å². The molecule has 0 aliphatic heterocycles. The standard InChI is InChI=1S/C60H40N2/c1-2-22-47(23-3-1)62-57-32-11-10-29-56(57)60-53(31-15-33-58(60)62)45-21-12-19-43(38-45)44-20-13-24-49(39-44)61(59-40-46-17-5-7-26-52(46)54-27-8-9-28-55(54)59)48-36-34-42(35-37-48)51-30-14-18-41-16-4-6-25-50(41)51/h1-40H. The van der Waals surface area contributed by atoms with E-state index in [0.717, 1.165) is 28.3 Å². The van der Waals surface area contributed by atoms with E-state index < -0.39 is 0 Å². The number of aromatic nitrogens is 1. The highest BCUT2D eigenvalue weighted by Gasteiger charge is 2.20. The van der Waals surface area contributed by atoms with Gasteiger partial charge in [-0.15, -0.1) is 0 Å². The molecular formula is C60H40N2. The number of hydrogen-bond acceptors (Lipinski definition) is 1. The van der Waals surface area contributed by atoms with Crippen LogP contribution in [0.2, 0.25) is 0 Å². The van der Waals surface area contributed by atoms with Gasteiger partial charge < -0.3 is 9.47 Å². The van der Waals surface area contributed by atoms with Crippen molar-refractivity contribution in [1.29, 1.82) is 0 Å². The van der Waals surface area contributed by atoms with Crippen LogP contribution >= 0.6 is 0 Å². The predicted octanol–water partition coefficient (Wildman–Crippen LogP) is 16.7. The fourth-order valence-electron chi connectivity index (χ4n) is 9.72. The van der Waals surface area contributed by atoms with Crippen molar-refractivity contribution >= 4 is 71.2 Å². The van der Waals surface area contributed by atoms with Gasteiger partial charge in [0.15, 0.2) is 0 Å². The third-order valence-electron chi connectivity index (χ3n) is 12.5. The summed E-state index contributed by atoms with van der Waals surface area (Å²) in [5.74, 6) is 0. The number of para-hydroxylation sites is 2. The van der Waals surface area contributed by atoms with E-state index in [1.165, 1.54) is 81.9 Å². The van der Waals surface area contributed by atoms with E-state index in [1.807, 2.05) is 0 Å². The lowest BCUT2D eigenvalue weighted by atomic mass is 9.95. The topological polar surface area (TPSA) is 8.17 Å². The molecule has 0 fully saturated rings. The minimum absolute atomic E-state index is 1.10. The van der Waals surface area contributed by atoms with Crippen LogP contribution in [-0.4, -0.2) is 4.57 Å². The maximum Gasteiger partial charge on any atom is 0.0547 e. The fourth-order valence-corrected chi connectivity index (χ4v) is 9.72. The molecule has 62 heavy (non-hydrogen) atoms. The van der Waals surface area contributed by atoms with E-state index in [4.69, 9.17) is 0 Å². The van der Waals surface area contributed by atoms with Gasteiger partial charge in [0.2, 0.25) is 0 Å². The number of benzene rings is 11. The van der Waals surface area contributed by atoms with Crippen LogP contribution in [0.25, 0.3) is 93.2 Å². The first-order chi connectivity index (χ1) is 30.8. The molecule has 0 saturated carbocycles. The first-order valence-corrected chi connectivity index (χ1v) is 21.3. The van der Waals surface area contributed by atoms with Gasteiger partial charge in [-0.2, -0.15) is 0 Å². The molecule has 12 aromatic rings. The van der Waals surface area contributed by atoms with Crippen LogP contribution in [0.15, 0.2) is 243 Å². The Hall–Kier alpha value is -8.20. The first-order valence-electron chi connectivity index (χ1n) is 21.3. The van der Waals surface area contributed by atoms with E-state index in [1.54, 1.807) is 0 Å². The molecule has 0 unspecified atom stereocenters. The number of hydrogen-bond donors (Lipinski definition) is 0. The van der Waals surface area contributed by atoms with E-state index in [9.17, 15) is 0 Å². The van der Waals surface area contributed by atoms with Crippen molar-refractivity contribution in [1.82, 2.24) is 4.57 Å². The highest BCUT2D eigenvalue weighted by atomic mass is 15.1. The summed E-state index contributed by atoms with van der Waals surface area (Å²) in [6.07, 6.45) is 0. The Morgan fingerprint density at radius 3 is 1.71 bits per heavy atom. The van der Waals surface area contributed by atoms with Crippen LogP contribution < -0.4 is 4.90 Å². The molecular weight excluding hydrogens is 749 g/mol. The predicted molar refractivity (Wildman–Crippen MR) is 264 cm³/mol. The molecule has 0 bridgehead atoms. The van der Waals surface area contributed by atoms with Crippen LogP contribution in [0.1, 0.15) is 0 Å². The summed E-state index contributed by atoms with van der Waals surface area (Å²) in [6, 6.07) is 88.5. The van der Waals surface area contributed by atoms with Crippen molar-refractivity contribution in [3.05, 3.63) is 243 Å². The normalized spacial score (nSPS) is 11.5. The molecule has 0 aliphatic carbocycles. The van der Waals surface area contributed by atoms with Crippen LogP contribution in [-0.2, 0) is 0 Å². The maximum atomic E-state index is 2.44. The summed E-state index contributed by atoms with van der Waals surface area (Å²) < 4.78 is 2.39. The largest absolute Gasteiger partial charge is 0.310 e. The first kappa shape index (κ1) is 35.7. The molecule has 2 heteroatoms. The molecule has 0 N–H and O–H groups in total. The van der Waals surface area contributed by atoms with Crippen molar-refractivity contribution in [3.8, 4) is 39.1 Å². The van der Waals surface area contributed by atoms with Crippen LogP contribution in [0.3, 0.4) is 0 Å². The molecule has 1 aromatic heterocycles. The minimum atomic E-state index is 1.10. The number of fused-ring (bicyclic) bond motifs is 7. The average Bonchev–Trinajstić information content (AvgIpc) is 3.69. The van der Waals surface area contributed by atoms with E-state index in [0.29, 0.717) is 0 Å². The van der Waals surface area contributed by atoms with Gasteiger partial charge >= 0.3 is 0 Å². The summed E-state index contributed by atoms with van der Waals surface area (Å²) in [4.78, 5) is 2.44. The van der Waals surface area contributed by atoms with Crippen molar-refractivity contribution in [2.75, 3.05) is 4.90 Å². The monoisotopic (exact) mass is 788 g/mol. The average molecular weight is 789 g/mol. The third-order valence-corrected chi connectivity index (χ3v) is 12.5. The molecule has 0 atom stereocenters. The highest BCUT2D eigenvalue weighted by Crippen LogP contribution is 2.44. The molecule has 290 valence electrons. The van der Waals surface area contributed by atoms with Gasteiger partial charge in [0.05, 0.1) is 16.7 Å². The molecule has 1 heterocycles. The van der Waals surface area contributed by atoms with Crippen LogP contribution in [0.5, 0.6) is 0 Å². The summed E-state index contributed by atoms with van der Waals surface area (Å²) in [6.45, 7) is 0. The Labute approximate surface area is 360 Å². The van der Waals surface area contributed by atoms with Gasteiger partial charge in [-0.1, -0.05) is 182 Å². The minimum Gasteiger partial charge on any atom is -0.310 e. The molecule has 0 radical (unpaired) electrons. The molecule has 0 spiro atoms. The quantitative estimate of drug-likeness (QED) is 0.146. The molecule has 0 aliphatic rings. The Morgan fingerprint density at radius 1 is 0.290 bits per heavy atom. The zero-order valence-electron chi connectivity index (χ0n) is 34.0. The second kappa shape index (κ2) is 14.8. The van der Waals surface area contributed by atoms with Gasteiger partial charge in [-0.05, 0) is 121 Å². The molecule has 2 nitrogen and oxygen atoms in total. The van der Waals surface area contributed by atoms with E-state index >= 15 is 0 Å². The lowest BCUT2D eigenvalue weighted by molar-refractivity contribution is 1.18. The number of anilines is 3. The summed E-state index contributed by atoms with van der Waals surface area (Å²) in [7, 11) is 0. The lowest BCUT2D eigenvalue weighted by Crippen LogP contribution is -2.10. The second-order valence-corrected chi connectivity index (χ2v) is 16.1. The fraction of sp³-hybridized carbons (Fsp3) is 0. The SMILES string of the molecule is c1ccc(-n2c3ccccc3c3c(-c4cccc(-c5cccc(N(c6ccc(-c7cccc8ccccc78)cc6)c6cc7ccccc7c7ccccc67)c5)c4)cccc32)cc1. The van der Waals surface area contributed by atoms with Crippen molar-refractivity contribution in [2.24, 2.45) is 0 Å². The zero-order chi connectivity index (χ0) is 41.0. The Bertz CT molecular complexity index is 3630. The van der Waals surface area contributed by atoms with E-state index in [-0.39, 0.29) is 0 Å². The zero-order valence-corrected chi connectivity index (χ0v) is 34.0. The smallest absolute Gasteiger partial charge is 0.0547 e. The molecule has 12 rings (SSSR count). The van der Waals surface area contributed by atoms with Crippen LogP contribution in [0.4, 0.5) is 17.1 Å². The lowest BCUT2D eigenvalue weighted by Gasteiger charge is -2.28. The molecule has 0 saturated heterocycles. The second-order valence-electron chi connectivity index (χ2n) is 16.1. The Morgan fingerprint density at radius 2 is 0.871 bits per heavy atom. The van der Waals surface area contributed by atoms with Crippen molar-refractivity contribution < 1.29 is 0 Å². The molecule has 0 amide bonds. The van der Waals surface area contributed by atoms with Gasteiger partial charge in [-0.3, -0.25) is 0 Å². The Balaban J connectivity index is 1.01. The summed E-state index contributed by atoms with van der Waals surface area (Å²) in [5, 5.41) is 9.93. The maximum absolute atomic E-state index is 2.44. The molecule has 11 aromatic carbocycles. The van der Waals surface area contributed by atoms with Gasteiger partial charge in [0.1, 0.15) is 0 Å². The van der Waals surface area contributed by atoms with Gasteiger partial charge in [0.25, 0.3) is 0 Å². The third kappa shape index (κ3) is 5.96. The number of nitrogens with zero attached hydrogens (tertiary/aromatic N) is 2. The van der Waals surface area contributed by atoms with Gasteiger partial charge in [-0.25, -0.2) is 0 Å². The van der Waals surface area contributed by atoms with Crippen molar-refractivity contribution in [2.45, 2.75) is 0 Å². The van der Waals surface area contributed by atoms with E-state index in [2.05, 4.69) is 252 Å². The van der Waals surface area contributed by atoms with Crippen molar-refractivity contribution in [3.63, 3.8) is 0 Å². The summed E-state index contributed by atoms with van der Waals surface area (Å²) >= 11 is 0. The Kier molecular flexibility index (Phi) is 8.53. The highest BCUT2D eigenvalue weighted by molar-refractivity contribution is 6.16. The summed E-state index contributed by atoms with van der Waals surface area (Å²) in [5.41, 5.74) is 14.1.